The van der Waals surface area contributed by atoms with Gasteiger partial charge >= 0.3 is 0 Å². The minimum atomic E-state index is -1.58. The molecule has 9 heteroatoms. The van der Waals surface area contributed by atoms with Crippen LogP contribution in [0, 0.1) is 0 Å². The van der Waals surface area contributed by atoms with E-state index in [9.17, 15) is 30.3 Å². The third kappa shape index (κ3) is 21.9. The van der Waals surface area contributed by atoms with E-state index in [-0.39, 0.29) is 18.9 Å². The van der Waals surface area contributed by atoms with Gasteiger partial charge in [-0.3, -0.25) is 4.79 Å². The number of carbonyl (C=O) groups excluding carboxylic acids is 1. The Bertz CT molecular complexity index is 1030. The Morgan fingerprint density at radius 3 is 1.80 bits per heavy atom. The Morgan fingerprint density at radius 2 is 1.24 bits per heavy atom. The van der Waals surface area contributed by atoms with Crippen LogP contribution >= 0.6 is 0 Å². The lowest BCUT2D eigenvalue weighted by Gasteiger charge is -2.40. The highest BCUT2D eigenvalue weighted by atomic mass is 16.7. The molecule has 0 saturated carbocycles. The van der Waals surface area contributed by atoms with Crippen LogP contribution < -0.4 is 5.32 Å². The number of unbranched alkanes of at least 4 members (excludes halogenated alkanes) is 5. The zero-order chi connectivity index (χ0) is 36.0. The van der Waals surface area contributed by atoms with Crippen molar-refractivity contribution in [3.05, 3.63) is 85.1 Å². The first-order valence-electron chi connectivity index (χ1n) is 18.3. The zero-order valence-corrected chi connectivity index (χ0v) is 29.9. The topological polar surface area (TPSA) is 149 Å². The van der Waals surface area contributed by atoms with Gasteiger partial charge in [-0.05, 0) is 70.6 Å². The van der Waals surface area contributed by atoms with Gasteiger partial charge in [0.25, 0.3) is 0 Å². The van der Waals surface area contributed by atoms with Crippen LogP contribution in [0.25, 0.3) is 0 Å². The molecule has 0 bridgehead atoms. The second kappa shape index (κ2) is 30.2. The molecular weight excluding hydrogens is 622 g/mol. The third-order valence-electron chi connectivity index (χ3n) is 7.98. The van der Waals surface area contributed by atoms with Crippen molar-refractivity contribution in [3.8, 4) is 0 Å². The summed E-state index contributed by atoms with van der Waals surface area (Å²) in [5, 5.41) is 53.4. The molecule has 1 rings (SSSR count). The highest BCUT2D eigenvalue weighted by molar-refractivity contribution is 5.76. The summed E-state index contributed by atoms with van der Waals surface area (Å²) >= 11 is 0. The first kappa shape index (κ1) is 44.4. The van der Waals surface area contributed by atoms with E-state index in [1.807, 2.05) is 6.08 Å². The quantitative estimate of drug-likeness (QED) is 0.0452. The highest BCUT2D eigenvalue weighted by Crippen LogP contribution is 2.22. The molecule has 1 heterocycles. The first-order valence-corrected chi connectivity index (χ1v) is 18.3. The van der Waals surface area contributed by atoms with Gasteiger partial charge in [-0.1, -0.05) is 112 Å². The van der Waals surface area contributed by atoms with E-state index in [0.29, 0.717) is 6.42 Å². The van der Waals surface area contributed by atoms with E-state index in [2.05, 4.69) is 92.1 Å². The standard InChI is InChI=1S/C40H65NO8/c1-3-5-7-9-10-11-12-13-14-15-16-17-18-19-20-21-22-23-24-26-28-30-36(44)41-33(34(43)29-27-25-8-6-4-2)32-48-40-39(47)38(46)37(45)35(31-42)49-40/h5,7,10-11,13-14,16-17,19-20,22-23,27,29,33-35,37-40,42-43,45-47H,3-4,6,8-9,12,15,18,21,24-26,28,30-32H2,1-2H3,(H,41,44)/b7-5-,11-10-,14-13-,17-16-,20-19-,23-22-,29-27+. The maximum absolute atomic E-state index is 12.8. The second-order valence-corrected chi connectivity index (χ2v) is 12.3. The lowest BCUT2D eigenvalue weighted by molar-refractivity contribution is -0.302. The van der Waals surface area contributed by atoms with Crippen molar-refractivity contribution in [2.45, 2.75) is 147 Å². The van der Waals surface area contributed by atoms with Crippen molar-refractivity contribution in [2.24, 2.45) is 0 Å². The molecule has 1 fully saturated rings. The van der Waals surface area contributed by atoms with Gasteiger partial charge in [0.15, 0.2) is 6.29 Å². The molecule has 0 aromatic heterocycles. The van der Waals surface area contributed by atoms with Crippen molar-refractivity contribution in [3.63, 3.8) is 0 Å². The van der Waals surface area contributed by atoms with Crippen molar-refractivity contribution in [1.82, 2.24) is 5.32 Å². The van der Waals surface area contributed by atoms with E-state index in [4.69, 9.17) is 9.47 Å². The SMILES string of the molecule is CC/C=C\C/C=C\C/C=C\C/C=C\C/C=C\C/C=C\CCCCC(=O)NC(COC1OC(CO)C(O)C(O)C1O)C(O)/C=C/CCCCC. The number of hydrogen-bond acceptors (Lipinski definition) is 8. The molecule has 0 aliphatic carbocycles. The molecule has 0 radical (unpaired) electrons. The molecule has 9 nitrogen and oxygen atoms in total. The van der Waals surface area contributed by atoms with Crippen LogP contribution in [0.15, 0.2) is 85.1 Å². The molecule has 1 amide bonds. The van der Waals surface area contributed by atoms with Gasteiger partial charge in [0, 0.05) is 6.42 Å². The Labute approximate surface area is 295 Å². The largest absolute Gasteiger partial charge is 0.394 e. The molecule has 7 atom stereocenters. The first-order chi connectivity index (χ1) is 23.8. The summed E-state index contributed by atoms with van der Waals surface area (Å²) < 4.78 is 11.0. The number of amides is 1. The highest BCUT2D eigenvalue weighted by Gasteiger charge is 2.44. The molecule has 0 spiro atoms. The maximum Gasteiger partial charge on any atom is 0.220 e. The minimum Gasteiger partial charge on any atom is -0.394 e. The van der Waals surface area contributed by atoms with Gasteiger partial charge in [0.1, 0.15) is 24.4 Å². The van der Waals surface area contributed by atoms with Crippen LogP contribution in [0.2, 0.25) is 0 Å². The average Bonchev–Trinajstić information content (AvgIpc) is 3.10. The van der Waals surface area contributed by atoms with Crippen LogP contribution in [-0.2, 0) is 14.3 Å². The molecular formula is C40H65NO8. The predicted octanol–water partition coefficient (Wildman–Crippen LogP) is 6.04. The van der Waals surface area contributed by atoms with E-state index in [1.54, 1.807) is 6.08 Å². The number of ether oxygens (including phenoxy) is 2. The Hall–Kier alpha value is -2.63. The maximum atomic E-state index is 12.8. The van der Waals surface area contributed by atoms with Gasteiger partial charge in [-0.2, -0.15) is 0 Å². The Balaban J connectivity index is 2.37. The van der Waals surface area contributed by atoms with Crippen LogP contribution in [-0.4, -0.2) is 87.5 Å². The number of carbonyl (C=O) groups is 1. The number of nitrogens with one attached hydrogen (secondary N) is 1. The monoisotopic (exact) mass is 687 g/mol. The molecule has 7 unspecified atom stereocenters. The summed E-state index contributed by atoms with van der Waals surface area (Å²) in [6.07, 6.45) is 33.9. The minimum absolute atomic E-state index is 0.215. The zero-order valence-electron chi connectivity index (χ0n) is 29.9. The molecule has 1 aliphatic rings. The molecule has 0 aromatic carbocycles. The van der Waals surface area contributed by atoms with Crippen molar-refractivity contribution >= 4 is 5.91 Å². The summed E-state index contributed by atoms with van der Waals surface area (Å²) in [6.45, 7) is 3.47. The number of rotatable bonds is 27. The van der Waals surface area contributed by atoms with Crippen molar-refractivity contribution < 1.29 is 39.8 Å². The fourth-order valence-electron chi connectivity index (χ4n) is 4.98. The lowest BCUT2D eigenvalue weighted by Crippen LogP contribution is -2.60. The van der Waals surface area contributed by atoms with Gasteiger partial charge in [-0.15, -0.1) is 0 Å². The third-order valence-corrected chi connectivity index (χ3v) is 7.98. The summed E-state index contributed by atoms with van der Waals surface area (Å²) in [5.41, 5.74) is 0. The van der Waals surface area contributed by atoms with Gasteiger partial charge < -0.3 is 40.3 Å². The summed E-state index contributed by atoms with van der Waals surface area (Å²) in [6, 6.07) is -0.828. The molecule has 0 aromatic rings. The van der Waals surface area contributed by atoms with Gasteiger partial charge in [0.2, 0.25) is 5.91 Å². The normalized spacial score (nSPS) is 23.4. The van der Waals surface area contributed by atoms with Crippen LogP contribution in [0.3, 0.4) is 0 Å². The Kier molecular flexibility index (Phi) is 27.4. The molecule has 6 N–H and O–H groups in total. The molecule has 1 saturated heterocycles. The van der Waals surface area contributed by atoms with E-state index in [0.717, 1.165) is 77.0 Å². The van der Waals surface area contributed by atoms with E-state index >= 15 is 0 Å². The van der Waals surface area contributed by atoms with E-state index in [1.165, 1.54) is 0 Å². The van der Waals surface area contributed by atoms with Crippen LogP contribution in [0.4, 0.5) is 0 Å². The average molecular weight is 688 g/mol. The fraction of sp³-hybridized carbons (Fsp3) is 0.625. The number of aliphatic hydroxyl groups excluding tert-OH is 5. The summed E-state index contributed by atoms with van der Waals surface area (Å²) in [5.74, 6) is -0.233. The molecule has 278 valence electrons. The summed E-state index contributed by atoms with van der Waals surface area (Å²) in [7, 11) is 0. The smallest absolute Gasteiger partial charge is 0.220 e. The number of allylic oxidation sites excluding steroid dienone is 13. The molecule has 49 heavy (non-hydrogen) atoms. The van der Waals surface area contributed by atoms with Crippen molar-refractivity contribution in [2.75, 3.05) is 13.2 Å². The predicted molar refractivity (Wildman–Crippen MR) is 198 cm³/mol. The number of aliphatic hydroxyl groups is 5. The van der Waals surface area contributed by atoms with Crippen LogP contribution in [0.1, 0.15) is 104 Å². The number of hydrogen-bond donors (Lipinski definition) is 6. The molecule has 1 aliphatic heterocycles. The second-order valence-electron chi connectivity index (χ2n) is 12.3. The lowest BCUT2D eigenvalue weighted by atomic mass is 9.99. The van der Waals surface area contributed by atoms with Gasteiger partial charge in [-0.25, -0.2) is 0 Å². The fourth-order valence-corrected chi connectivity index (χ4v) is 4.98. The summed E-state index contributed by atoms with van der Waals surface area (Å²) in [4.78, 5) is 12.8. The Morgan fingerprint density at radius 1 is 0.714 bits per heavy atom. The van der Waals surface area contributed by atoms with Gasteiger partial charge in [0.05, 0.1) is 25.4 Å². The van der Waals surface area contributed by atoms with Crippen LogP contribution in [0.5, 0.6) is 0 Å². The van der Waals surface area contributed by atoms with E-state index < -0.39 is 49.5 Å². The van der Waals surface area contributed by atoms with Crippen molar-refractivity contribution in [1.29, 1.82) is 0 Å².